The Hall–Kier alpha value is -1.55. The van der Waals surface area contributed by atoms with Gasteiger partial charge in [0.15, 0.2) is 0 Å². The fourth-order valence-corrected chi connectivity index (χ4v) is 2.62. The Bertz CT molecular complexity index is 460. The van der Waals surface area contributed by atoms with Crippen molar-refractivity contribution < 1.29 is 9.90 Å². The maximum Gasteiger partial charge on any atom is 0.230 e. The van der Waals surface area contributed by atoms with Gasteiger partial charge in [0.25, 0.3) is 0 Å². The van der Waals surface area contributed by atoms with Gasteiger partial charge in [-0.05, 0) is 57.2 Å². The lowest BCUT2D eigenvalue weighted by molar-refractivity contribution is -0.126. The van der Waals surface area contributed by atoms with E-state index in [1.165, 1.54) is 0 Å². The van der Waals surface area contributed by atoms with Crippen molar-refractivity contribution in [3.63, 3.8) is 0 Å². The molecule has 0 aliphatic heterocycles. The van der Waals surface area contributed by atoms with Crippen LogP contribution >= 0.6 is 0 Å². The number of nitrogen functional groups attached to an aromatic ring is 1. The maximum atomic E-state index is 12.5. The van der Waals surface area contributed by atoms with Crippen molar-refractivity contribution in [3.8, 4) is 0 Å². The number of carbonyl (C=O) groups excluding carboxylic acids is 1. The molecule has 0 heterocycles. The number of nitrogens with two attached hydrogens (primary N) is 1. The molecule has 1 aromatic rings. The van der Waals surface area contributed by atoms with Crippen LogP contribution < -0.4 is 11.1 Å². The van der Waals surface area contributed by atoms with E-state index in [0.29, 0.717) is 5.69 Å². The highest BCUT2D eigenvalue weighted by atomic mass is 16.3. The molecule has 1 aliphatic rings. The molecular weight excluding hydrogens is 252 g/mol. The number of carbonyl (C=O) groups is 1. The predicted molar refractivity (Wildman–Crippen MR) is 80.3 cm³/mol. The van der Waals surface area contributed by atoms with Crippen LogP contribution in [0.3, 0.4) is 0 Å². The molecule has 4 heteroatoms. The molecule has 0 spiro atoms. The van der Waals surface area contributed by atoms with Crippen molar-refractivity contribution in [2.24, 2.45) is 0 Å². The lowest BCUT2D eigenvalue weighted by Gasteiger charge is -2.31. The van der Waals surface area contributed by atoms with Gasteiger partial charge >= 0.3 is 0 Å². The van der Waals surface area contributed by atoms with Gasteiger partial charge < -0.3 is 16.2 Å². The van der Waals surface area contributed by atoms with Crippen LogP contribution in [-0.4, -0.2) is 23.2 Å². The second-order valence-electron chi connectivity index (χ2n) is 6.23. The number of benzene rings is 1. The van der Waals surface area contributed by atoms with E-state index in [-0.39, 0.29) is 18.1 Å². The molecule has 1 amide bonds. The molecule has 0 saturated heterocycles. The zero-order valence-corrected chi connectivity index (χ0v) is 12.2. The van der Waals surface area contributed by atoms with Crippen LogP contribution in [0.5, 0.6) is 0 Å². The Morgan fingerprint density at radius 2 is 1.75 bits per heavy atom. The first-order valence-electron chi connectivity index (χ1n) is 7.24. The fourth-order valence-electron chi connectivity index (χ4n) is 2.62. The van der Waals surface area contributed by atoms with Crippen molar-refractivity contribution in [1.29, 1.82) is 0 Å². The third-order valence-electron chi connectivity index (χ3n) is 4.23. The normalized spacial score (nSPS) is 23.4. The summed E-state index contributed by atoms with van der Waals surface area (Å²) in [6, 6.07) is 7.63. The van der Waals surface area contributed by atoms with Crippen molar-refractivity contribution >= 4 is 11.6 Å². The highest BCUT2D eigenvalue weighted by molar-refractivity contribution is 5.87. The summed E-state index contributed by atoms with van der Waals surface area (Å²) in [6.07, 6.45) is 3.05. The van der Waals surface area contributed by atoms with Crippen LogP contribution in [-0.2, 0) is 10.2 Å². The van der Waals surface area contributed by atoms with Gasteiger partial charge in [-0.2, -0.15) is 0 Å². The average Bonchev–Trinajstić information content (AvgIpc) is 2.42. The fraction of sp³-hybridized carbons (Fsp3) is 0.562. The molecule has 0 unspecified atom stereocenters. The summed E-state index contributed by atoms with van der Waals surface area (Å²) in [4.78, 5) is 12.5. The first-order valence-corrected chi connectivity index (χ1v) is 7.24. The second kappa shape index (κ2) is 5.83. The zero-order valence-electron chi connectivity index (χ0n) is 12.2. The Labute approximate surface area is 120 Å². The minimum atomic E-state index is -0.580. The van der Waals surface area contributed by atoms with E-state index in [1.54, 1.807) is 0 Å². The van der Waals surface area contributed by atoms with Crippen LogP contribution in [0.15, 0.2) is 24.3 Å². The van der Waals surface area contributed by atoms with Gasteiger partial charge in [0.1, 0.15) is 0 Å². The van der Waals surface area contributed by atoms with Crippen LogP contribution in [0.4, 0.5) is 5.69 Å². The summed E-state index contributed by atoms with van der Waals surface area (Å²) < 4.78 is 0. The average molecular weight is 276 g/mol. The van der Waals surface area contributed by atoms with E-state index >= 15 is 0 Å². The Morgan fingerprint density at radius 1 is 1.20 bits per heavy atom. The molecule has 0 bridgehead atoms. The molecule has 2 rings (SSSR count). The number of amides is 1. The summed E-state index contributed by atoms with van der Waals surface area (Å²) >= 11 is 0. The molecule has 0 radical (unpaired) electrons. The monoisotopic (exact) mass is 276 g/mol. The SMILES string of the molecule is CC(C)(C(=O)NC1CCC(O)CC1)c1ccc(N)cc1. The Balaban J connectivity index is 2.01. The van der Waals surface area contributed by atoms with Gasteiger partial charge in [-0.1, -0.05) is 12.1 Å². The number of nitrogens with one attached hydrogen (secondary N) is 1. The van der Waals surface area contributed by atoms with Gasteiger partial charge in [0.05, 0.1) is 11.5 Å². The number of aliphatic hydroxyl groups is 1. The number of aliphatic hydroxyl groups excluding tert-OH is 1. The molecule has 20 heavy (non-hydrogen) atoms. The minimum absolute atomic E-state index is 0.0312. The van der Waals surface area contributed by atoms with Crippen LogP contribution in [0.25, 0.3) is 0 Å². The van der Waals surface area contributed by atoms with Crippen molar-refractivity contribution in [2.45, 2.75) is 57.1 Å². The van der Waals surface area contributed by atoms with Gasteiger partial charge in [-0.15, -0.1) is 0 Å². The summed E-state index contributed by atoms with van der Waals surface area (Å²) in [7, 11) is 0. The molecule has 1 aliphatic carbocycles. The topological polar surface area (TPSA) is 75.3 Å². The molecule has 1 aromatic carbocycles. The Kier molecular flexibility index (Phi) is 4.33. The third kappa shape index (κ3) is 3.31. The number of anilines is 1. The van der Waals surface area contributed by atoms with E-state index in [0.717, 1.165) is 31.2 Å². The number of hydrogen-bond donors (Lipinski definition) is 3. The van der Waals surface area contributed by atoms with Crippen molar-refractivity contribution in [3.05, 3.63) is 29.8 Å². The third-order valence-corrected chi connectivity index (χ3v) is 4.23. The summed E-state index contributed by atoms with van der Waals surface area (Å²) in [5, 5.41) is 12.6. The Morgan fingerprint density at radius 3 is 2.30 bits per heavy atom. The molecule has 0 aromatic heterocycles. The molecule has 1 saturated carbocycles. The summed E-state index contributed by atoms with van der Waals surface area (Å²) in [5.74, 6) is 0.0312. The first-order chi connectivity index (χ1) is 9.39. The van der Waals surface area contributed by atoms with E-state index < -0.39 is 5.41 Å². The van der Waals surface area contributed by atoms with Crippen LogP contribution in [0, 0.1) is 0 Å². The largest absolute Gasteiger partial charge is 0.399 e. The van der Waals surface area contributed by atoms with Crippen LogP contribution in [0.2, 0.25) is 0 Å². The van der Waals surface area contributed by atoms with Gasteiger partial charge in [0.2, 0.25) is 5.91 Å². The smallest absolute Gasteiger partial charge is 0.230 e. The van der Waals surface area contributed by atoms with Crippen LogP contribution in [0.1, 0.15) is 45.1 Å². The van der Waals surface area contributed by atoms with Crippen molar-refractivity contribution in [1.82, 2.24) is 5.32 Å². The lowest BCUT2D eigenvalue weighted by atomic mass is 9.82. The van der Waals surface area contributed by atoms with E-state index in [2.05, 4.69) is 5.32 Å². The lowest BCUT2D eigenvalue weighted by Crippen LogP contribution is -2.46. The van der Waals surface area contributed by atoms with Gasteiger partial charge in [0, 0.05) is 11.7 Å². The quantitative estimate of drug-likeness (QED) is 0.739. The van der Waals surface area contributed by atoms with Gasteiger partial charge in [-0.25, -0.2) is 0 Å². The number of hydrogen-bond acceptors (Lipinski definition) is 3. The first kappa shape index (κ1) is 14.9. The highest BCUT2D eigenvalue weighted by Crippen LogP contribution is 2.26. The molecule has 4 N–H and O–H groups in total. The summed E-state index contributed by atoms with van der Waals surface area (Å²) in [6.45, 7) is 3.84. The van der Waals surface area contributed by atoms with E-state index in [9.17, 15) is 9.90 Å². The maximum absolute atomic E-state index is 12.5. The standard InChI is InChI=1S/C16H24N2O2/c1-16(2,11-3-5-12(17)6-4-11)15(20)18-13-7-9-14(19)10-8-13/h3-6,13-14,19H,7-10,17H2,1-2H3,(H,18,20). The zero-order chi connectivity index (χ0) is 14.8. The predicted octanol–water partition coefficient (Wildman–Crippen LogP) is 1.97. The minimum Gasteiger partial charge on any atom is -0.399 e. The highest BCUT2D eigenvalue weighted by Gasteiger charge is 2.32. The van der Waals surface area contributed by atoms with E-state index in [4.69, 9.17) is 5.73 Å². The molecule has 110 valence electrons. The number of rotatable bonds is 3. The van der Waals surface area contributed by atoms with Crippen molar-refractivity contribution in [2.75, 3.05) is 5.73 Å². The molecule has 4 nitrogen and oxygen atoms in total. The summed E-state index contributed by atoms with van der Waals surface area (Å²) in [5.41, 5.74) is 6.76. The second-order valence-corrected chi connectivity index (χ2v) is 6.23. The molecule has 1 fully saturated rings. The molecular formula is C16H24N2O2. The van der Waals surface area contributed by atoms with Gasteiger partial charge in [-0.3, -0.25) is 4.79 Å². The van der Waals surface area contributed by atoms with E-state index in [1.807, 2.05) is 38.1 Å². The molecule has 0 atom stereocenters.